The molecule has 1 aliphatic rings. The van der Waals surface area contributed by atoms with E-state index in [-0.39, 0.29) is 27.3 Å². The summed E-state index contributed by atoms with van der Waals surface area (Å²) in [6, 6.07) is 5.35. The van der Waals surface area contributed by atoms with Gasteiger partial charge in [0.15, 0.2) is 5.78 Å². The van der Waals surface area contributed by atoms with Gasteiger partial charge in [0.25, 0.3) is 5.69 Å². The quantitative estimate of drug-likeness (QED) is 0.531. The van der Waals surface area contributed by atoms with Crippen molar-refractivity contribution in [3.05, 3.63) is 67.2 Å². The number of nitrogens with zero attached hydrogens (tertiary/aromatic N) is 1. The van der Waals surface area contributed by atoms with Crippen molar-refractivity contribution in [3.8, 4) is 5.75 Å². The molecule has 116 valence electrons. The summed E-state index contributed by atoms with van der Waals surface area (Å²) < 4.78 is 5.16. The molecule has 0 bridgehead atoms. The van der Waals surface area contributed by atoms with Gasteiger partial charge in [0, 0.05) is 17.2 Å². The number of rotatable bonds is 2. The molecule has 1 aliphatic carbocycles. The minimum atomic E-state index is -0.698. The first kappa shape index (κ1) is 15.2. The fourth-order valence-electron chi connectivity index (χ4n) is 2.72. The van der Waals surface area contributed by atoms with Crippen LogP contribution in [0, 0.1) is 17.0 Å². The number of nitro groups is 1. The molecule has 0 saturated carbocycles. The van der Waals surface area contributed by atoms with E-state index in [2.05, 4.69) is 0 Å². The van der Waals surface area contributed by atoms with Crippen LogP contribution in [0.15, 0.2) is 24.3 Å². The molecule has 0 heterocycles. The molecule has 6 nitrogen and oxygen atoms in total. The molecule has 0 unspecified atom stereocenters. The third-order valence-corrected chi connectivity index (χ3v) is 4.12. The lowest BCUT2D eigenvalue weighted by Gasteiger charge is -2.20. The zero-order valence-electron chi connectivity index (χ0n) is 12.2. The van der Waals surface area contributed by atoms with E-state index in [1.807, 2.05) is 0 Å². The number of ketones is 2. The summed E-state index contributed by atoms with van der Waals surface area (Å²) in [5, 5.41) is 11.2. The second-order valence-electron chi connectivity index (χ2n) is 5.10. The highest BCUT2D eigenvalue weighted by atomic mass is 35.5. The van der Waals surface area contributed by atoms with Crippen LogP contribution < -0.4 is 4.74 Å². The van der Waals surface area contributed by atoms with Crippen molar-refractivity contribution < 1.29 is 19.2 Å². The minimum absolute atomic E-state index is 0.0167. The lowest BCUT2D eigenvalue weighted by atomic mass is 9.82. The molecule has 7 heteroatoms. The molecule has 2 aromatic rings. The highest BCUT2D eigenvalue weighted by molar-refractivity contribution is 6.39. The highest BCUT2D eigenvalue weighted by Gasteiger charge is 2.37. The number of hydrogen-bond donors (Lipinski definition) is 0. The summed E-state index contributed by atoms with van der Waals surface area (Å²) >= 11 is 6.02. The Morgan fingerprint density at radius 3 is 2.30 bits per heavy atom. The SMILES string of the molecule is COc1cc2c(cc1C)C(=O)c1c(Cl)ccc([N+](=O)[O-])c1C2=O. The molecule has 3 rings (SSSR count). The zero-order chi connectivity index (χ0) is 16.9. The van der Waals surface area contributed by atoms with Gasteiger partial charge in [-0.25, -0.2) is 0 Å². The average molecular weight is 332 g/mol. The molecule has 0 fully saturated rings. The smallest absolute Gasteiger partial charge is 0.281 e. The zero-order valence-corrected chi connectivity index (χ0v) is 12.9. The summed E-state index contributed by atoms with van der Waals surface area (Å²) in [6.45, 7) is 1.74. The number of ether oxygens (including phenoxy) is 1. The van der Waals surface area contributed by atoms with Crippen molar-refractivity contribution in [2.75, 3.05) is 7.11 Å². The first-order valence-corrected chi connectivity index (χ1v) is 6.99. The molecule has 0 spiro atoms. The fourth-order valence-corrected chi connectivity index (χ4v) is 2.97. The molecule has 23 heavy (non-hydrogen) atoms. The van der Waals surface area contributed by atoms with E-state index in [1.54, 1.807) is 6.92 Å². The normalized spacial score (nSPS) is 12.7. The third kappa shape index (κ3) is 2.10. The van der Waals surface area contributed by atoms with Crippen LogP contribution >= 0.6 is 11.6 Å². The van der Waals surface area contributed by atoms with Gasteiger partial charge in [-0.05, 0) is 30.7 Å². The van der Waals surface area contributed by atoms with Gasteiger partial charge in [-0.3, -0.25) is 19.7 Å². The van der Waals surface area contributed by atoms with Gasteiger partial charge in [-0.1, -0.05) is 11.6 Å². The first-order valence-electron chi connectivity index (χ1n) is 6.61. The van der Waals surface area contributed by atoms with E-state index in [4.69, 9.17) is 16.3 Å². The lowest BCUT2D eigenvalue weighted by molar-refractivity contribution is -0.385. The maximum absolute atomic E-state index is 12.7. The van der Waals surface area contributed by atoms with E-state index in [9.17, 15) is 19.7 Å². The van der Waals surface area contributed by atoms with Crippen molar-refractivity contribution in [3.63, 3.8) is 0 Å². The fraction of sp³-hybridized carbons (Fsp3) is 0.125. The minimum Gasteiger partial charge on any atom is -0.496 e. The Labute approximate surface area is 135 Å². The second-order valence-corrected chi connectivity index (χ2v) is 5.51. The summed E-state index contributed by atoms with van der Waals surface area (Å²) in [5.41, 5.74) is 0.0951. The Hall–Kier alpha value is -2.73. The van der Waals surface area contributed by atoms with Crippen LogP contribution in [-0.4, -0.2) is 23.6 Å². The Balaban J connectivity index is 2.38. The van der Waals surface area contributed by atoms with Crippen LogP contribution in [0.3, 0.4) is 0 Å². The highest BCUT2D eigenvalue weighted by Crippen LogP contribution is 2.38. The topological polar surface area (TPSA) is 86.5 Å². The van der Waals surface area contributed by atoms with Crippen molar-refractivity contribution in [2.45, 2.75) is 6.92 Å². The van der Waals surface area contributed by atoms with Gasteiger partial charge in [0.2, 0.25) is 5.78 Å². The summed E-state index contributed by atoms with van der Waals surface area (Å²) in [4.78, 5) is 35.9. The molecule has 0 saturated heterocycles. The maximum atomic E-state index is 12.7. The van der Waals surface area contributed by atoms with Crippen molar-refractivity contribution in [1.29, 1.82) is 0 Å². The molecular weight excluding hydrogens is 322 g/mol. The second kappa shape index (κ2) is 5.17. The number of benzene rings is 2. The Kier molecular flexibility index (Phi) is 3.41. The van der Waals surface area contributed by atoms with Crippen molar-refractivity contribution in [1.82, 2.24) is 0 Å². The van der Waals surface area contributed by atoms with Crippen molar-refractivity contribution in [2.24, 2.45) is 0 Å². The number of carbonyl (C=O) groups excluding carboxylic acids is 2. The Morgan fingerprint density at radius 1 is 1.09 bits per heavy atom. The molecular formula is C16H10ClNO5. The predicted octanol–water partition coefficient (Wildman–Crippen LogP) is 3.34. The van der Waals surface area contributed by atoms with Crippen LogP contribution in [0.25, 0.3) is 0 Å². The Morgan fingerprint density at radius 2 is 1.70 bits per heavy atom. The van der Waals surface area contributed by atoms with Gasteiger partial charge in [-0.15, -0.1) is 0 Å². The van der Waals surface area contributed by atoms with Crippen LogP contribution in [0.1, 0.15) is 37.4 Å². The third-order valence-electron chi connectivity index (χ3n) is 3.81. The standard InChI is InChI=1S/C16H10ClNO5/c1-7-5-8-9(6-12(7)23-2)16(20)14-11(18(21)22)4-3-10(17)13(14)15(8)19/h3-6H,1-2H3. The van der Waals surface area contributed by atoms with Crippen LogP contribution in [0.2, 0.25) is 5.02 Å². The van der Waals surface area contributed by atoms with Crippen LogP contribution in [0.5, 0.6) is 5.75 Å². The van der Waals surface area contributed by atoms with E-state index in [1.165, 1.54) is 25.3 Å². The van der Waals surface area contributed by atoms with E-state index in [0.29, 0.717) is 11.3 Å². The summed E-state index contributed by atoms with van der Waals surface area (Å²) in [7, 11) is 1.44. The lowest BCUT2D eigenvalue weighted by Crippen LogP contribution is -2.23. The average Bonchev–Trinajstić information content (AvgIpc) is 2.51. The molecule has 0 atom stereocenters. The number of hydrogen-bond acceptors (Lipinski definition) is 5. The Bertz CT molecular complexity index is 904. The van der Waals surface area contributed by atoms with Crippen molar-refractivity contribution >= 4 is 28.9 Å². The first-order chi connectivity index (χ1) is 10.9. The molecule has 0 aromatic heterocycles. The molecule has 0 aliphatic heterocycles. The predicted molar refractivity (Wildman–Crippen MR) is 82.7 cm³/mol. The number of halogens is 1. The van der Waals surface area contributed by atoms with Gasteiger partial charge in [-0.2, -0.15) is 0 Å². The maximum Gasteiger partial charge on any atom is 0.281 e. The number of fused-ring (bicyclic) bond motifs is 2. The summed E-state index contributed by atoms with van der Waals surface area (Å²) in [5.74, 6) is -0.686. The number of methoxy groups -OCH3 is 1. The van der Waals surface area contributed by atoms with Gasteiger partial charge in [0.1, 0.15) is 11.3 Å². The summed E-state index contributed by atoms with van der Waals surface area (Å²) in [6.07, 6.45) is 0. The number of nitro benzene ring substituents is 1. The van der Waals surface area contributed by atoms with Crippen LogP contribution in [0.4, 0.5) is 5.69 Å². The van der Waals surface area contributed by atoms with E-state index >= 15 is 0 Å². The van der Waals surface area contributed by atoms with Gasteiger partial charge in [0.05, 0.1) is 22.6 Å². The molecule has 0 amide bonds. The molecule has 0 radical (unpaired) electrons. The van der Waals surface area contributed by atoms with Gasteiger partial charge < -0.3 is 4.74 Å². The number of carbonyl (C=O) groups is 2. The monoisotopic (exact) mass is 331 g/mol. The van der Waals surface area contributed by atoms with Gasteiger partial charge >= 0.3 is 0 Å². The largest absolute Gasteiger partial charge is 0.496 e. The molecule has 2 aromatic carbocycles. The van der Waals surface area contributed by atoms with Crippen LogP contribution in [-0.2, 0) is 0 Å². The van der Waals surface area contributed by atoms with E-state index < -0.39 is 22.2 Å². The van der Waals surface area contributed by atoms with E-state index in [0.717, 1.165) is 6.07 Å². The number of aryl methyl sites for hydroxylation is 1. The molecule has 0 N–H and O–H groups in total.